The Morgan fingerprint density at radius 1 is 1.00 bits per heavy atom. The van der Waals surface area contributed by atoms with Gasteiger partial charge in [-0.25, -0.2) is 0 Å². The van der Waals surface area contributed by atoms with Gasteiger partial charge < -0.3 is 28.8 Å². The lowest BCUT2D eigenvalue weighted by Crippen LogP contribution is -2.59. The second-order valence-corrected chi connectivity index (χ2v) is 7.84. The van der Waals surface area contributed by atoms with Crippen molar-refractivity contribution in [3.63, 3.8) is 0 Å². The predicted molar refractivity (Wildman–Crippen MR) is 109 cm³/mol. The van der Waals surface area contributed by atoms with Crippen molar-refractivity contribution in [1.29, 1.82) is 0 Å². The van der Waals surface area contributed by atoms with Gasteiger partial charge in [-0.3, -0.25) is 4.79 Å². The minimum atomic E-state index is -0.447. The Kier molecular flexibility index (Phi) is 9.82. The molecule has 1 saturated carbocycles. The Labute approximate surface area is 175 Å². The average Bonchev–Trinajstić information content (AvgIpc) is 3.15. The molecule has 5 unspecified atom stereocenters. The maximum atomic E-state index is 11.6. The minimum absolute atomic E-state index is 0.0300. The van der Waals surface area contributed by atoms with E-state index in [1.165, 1.54) is 13.5 Å². The van der Waals surface area contributed by atoms with Crippen LogP contribution in [0.5, 0.6) is 0 Å². The van der Waals surface area contributed by atoms with Gasteiger partial charge in [0.15, 0.2) is 5.79 Å². The molecule has 170 valence electrons. The fraction of sp³-hybridized carbons (Fsp3) is 0.955. The number of ether oxygens (including phenoxy) is 5. The molecule has 1 N–H and O–H groups in total. The van der Waals surface area contributed by atoms with E-state index in [4.69, 9.17) is 28.8 Å². The van der Waals surface area contributed by atoms with E-state index in [2.05, 4.69) is 6.92 Å². The number of hydrogen-bond donors (Lipinski definition) is 1. The van der Waals surface area contributed by atoms with Crippen LogP contribution >= 0.6 is 0 Å². The summed E-state index contributed by atoms with van der Waals surface area (Å²) < 4.78 is 30.4. The highest BCUT2D eigenvalue weighted by molar-refractivity contribution is 5.69. The van der Waals surface area contributed by atoms with Gasteiger partial charge in [0.1, 0.15) is 18.3 Å². The molecular weight excluding hydrogens is 376 g/mol. The molecule has 0 aromatic rings. The van der Waals surface area contributed by atoms with Gasteiger partial charge in [-0.2, -0.15) is 0 Å². The Morgan fingerprint density at radius 2 is 1.66 bits per heavy atom. The van der Waals surface area contributed by atoms with Gasteiger partial charge in [-0.1, -0.05) is 27.2 Å². The Balaban J connectivity index is 0.000000707. The number of hydrogen-bond acceptors (Lipinski definition) is 7. The summed E-state index contributed by atoms with van der Waals surface area (Å²) in [5, 5.41) is 7.00. The lowest BCUT2D eigenvalue weighted by molar-refractivity contribution is -0.240. The van der Waals surface area contributed by atoms with Crippen molar-refractivity contribution < 1.29 is 33.6 Å². The largest absolute Gasteiger partial charge is 0.469 e. The van der Waals surface area contributed by atoms with Crippen LogP contribution < -0.4 is 0 Å². The Morgan fingerprint density at radius 3 is 2.28 bits per heavy atom. The molecule has 7 nitrogen and oxygen atoms in total. The van der Waals surface area contributed by atoms with E-state index >= 15 is 0 Å². The molecule has 1 aliphatic carbocycles. The Hall–Kier alpha value is -0.730. The first kappa shape index (κ1) is 24.5. The average molecular weight is 417 g/mol. The molecule has 4 fully saturated rings. The zero-order valence-corrected chi connectivity index (χ0v) is 18.7. The first-order chi connectivity index (χ1) is 14.1. The summed E-state index contributed by atoms with van der Waals surface area (Å²) in [5.74, 6) is -0.673. The van der Waals surface area contributed by atoms with Crippen molar-refractivity contribution in [1.82, 2.24) is 0 Å². The maximum absolute atomic E-state index is 11.6. The third-order valence-corrected chi connectivity index (χ3v) is 6.19. The topological polar surface area (TPSA) is 83.5 Å². The smallest absolute Gasteiger partial charge is 0.308 e. The first-order valence-electron chi connectivity index (χ1n) is 11.3. The fourth-order valence-corrected chi connectivity index (χ4v) is 4.90. The highest BCUT2D eigenvalue weighted by Crippen LogP contribution is 2.47. The number of methoxy groups -OCH3 is 1. The summed E-state index contributed by atoms with van der Waals surface area (Å²) in [4.78, 5) is 11.6. The zero-order chi connectivity index (χ0) is 21.4. The van der Waals surface area contributed by atoms with Crippen molar-refractivity contribution in [2.45, 2.75) is 121 Å². The molecule has 0 amide bonds. The van der Waals surface area contributed by atoms with E-state index in [0.29, 0.717) is 6.42 Å². The lowest BCUT2D eigenvalue weighted by atomic mass is 9.88. The number of fused-ring (bicyclic) bond motifs is 3. The predicted octanol–water partition coefficient (Wildman–Crippen LogP) is 3.35. The van der Waals surface area contributed by atoms with Crippen LogP contribution in [0, 0.1) is 0 Å². The standard InChI is InChI=1S/C19H30O6.C2H6.CH4O/c1-3-13-17-18(25-19(24-17)9-5-4-6-10-19)16-14(23-13)8-7-12(22-16)11-15(20)21-2;2*1-2/h12-14,16-18H,3-11H2,1-2H3;1-2H3;2H,1H3/t12-,13?,14?,16?,17?,18?;;/m1../s1. The van der Waals surface area contributed by atoms with Crippen molar-refractivity contribution in [2.24, 2.45) is 0 Å². The molecule has 4 aliphatic rings. The molecular formula is C22H40O7. The molecule has 3 saturated heterocycles. The van der Waals surface area contributed by atoms with Crippen LogP contribution in [0.15, 0.2) is 0 Å². The minimum Gasteiger partial charge on any atom is -0.469 e. The van der Waals surface area contributed by atoms with Gasteiger partial charge in [0, 0.05) is 20.0 Å². The van der Waals surface area contributed by atoms with Gasteiger partial charge in [-0.05, 0) is 32.1 Å². The molecule has 0 aromatic carbocycles. The summed E-state index contributed by atoms with van der Waals surface area (Å²) >= 11 is 0. The maximum Gasteiger partial charge on any atom is 0.308 e. The number of esters is 1. The highest BCUT2D eigenvalue weighted by atomic mass is 16.8. The van der Waals surface area contributed by atoms with Crippen LogP contribution in [0.2, 0.25) is 0 Å². The summed E-state index contributed by atoms with van der Waals surface area (Å²) in [6.07, 6.45) is 8.03. The monoisotopic (exact) mass is 416 g/mol. The van der Waals surface area contributed by atoms with Gasteiger partial charge in [-0.15, -0.1) is 0 Å². The third-order valence-electron chi connectivity index (χ3n) is 6.19. The fourth-order valence-electron chi connectivity index (χ4n) is 4.90. The second kappa shape index (κ2) is 11.6. The SMILES string of the molecule is CC.CCC1OC2CC[C@H](CC(=O)OC)OC2C2OC3(CCCCC3)OC12.CO. The van der Waals surface area contributed by atoms with E-state index in [0.717, 1.165) is 52.1 Å². The van der Waals surface area contributed by atoms with Crippen LogP contribution in [0.1, 0.15) is 78.6 Å². The molecule has 4 rings (SSSR count). The third kappa shape index (κ3) is 5.50. The second-order valence-electron chi connectivity index (χ2n) is 7.84. The van der Waals surface area contributed by atoms with Gasteiger partial charge in [0.05, 0.1) is 31.8 Å². The normalized spacial score (nSPS) is 37.2. The van der Waals surface area contributed by atoms with E-state index < -0.39 is 5.79 Å². The number of aliphatic hydroxyl groups excluding tert-OH is 1. The van der Waals surface area contributed by atoms with Gasteiger partial charge in [0.2, 0.25) is 0 Å². The summed E-state index contributed by atoms with van der Waals surface area (Å²) in [6, 6.07) is 0. The van der Waals surface area contributed by atoms with Crippen LogP contribution in [0.25, 0.3) is 0 Å². The molecule has 6 atom stereocenters. The van der Waals surface area contributed by atoms with Crippen molar-refractivity contribution in [3.05, 3.63) is 0 Å². The number of carbonyl (C=O) groups excluding carboxylic acids is 1. The highest BCUT2D eigenvalue weighted by Gasteiger charge is 2.59. The van der Waals surface area contributed by atoms with Crippen molar-refractivity contribution in [3.8, 4) is 0 Å². The number of aliphatic hydroxyl groups is 1. The molecule has 3 heterocycles. The van der Waals surface area contributed by atoms with Crippen molar-refractivity contribution in [2.75, 3.05) is 14.2 Å². The molecule has 0 bridgehead atoms. The number of rotatable bonds is 3. The molecule has 29 heavy (non-hydrogen) atoms. The summed E-state index contributed by atoms with van der Waals surface area (Å²) in [6.45, 7) is 6.14. The molecule has 3 aliphatic heterocycles. The molecule has 7 heteroatoms. The molecule has 0 radical (unpaired) electrons. The molecule has 1 spiro atoms. The van der Waals surface area contributed by atoms with E-state index in [9.17, 15) is 4.79 Å². The zero-order valence-electron chi connectivity index (χ0n) is 18.7. The van der Waals surface area contributed by atoms with Gasteiger partial charge >= 0.3 is 5.97 Å². The van der Waals surface area contributed by atoms with E-state index in [1.807, 2.05) is 13.8 Å². The summed E-state index contributed by atoms with van der Waals surface area (Å²) in [7, 11) is 2.42. The van der Waals surface area contributed by atoms with Crippen LogP contribution in [-0.2, 0) is 28.5 Å². The van der Waals surface area contributed by atoms with E-state index in [-0.39, 0.29) is 42.6 Å². The Bertz CT molecular complexity index is 492. The summed E-state index contributed by atoms with van der Waals surface area (Å²) in [5.41, 5.74) is 0. The first-order valence-corrected chi connectivity index (χ1v) is 11.3. The number of carbonyl (C=O) groups is 1. The quantitative estimate of drug-likeness (QED) is 0.706. The van der Waals surface area contributed by atoms with Crippen LogP contribution in [0.3, 0.4) is 0 Å². The molecule has 0 aromatic heterocycles. The van der Waals surface area contributed by atoms with Crippen LogP contribution in [0.4, 0.5) is 0 Å². The van der Waals surface area contributed by atoms with Crippen molar-refractivity contribution >= 4 is 5.97 Å². The van der Waals surface area contributed by atoms with E-state index in [1.54, 1.807) is 0 Å². The van der Waals surface area contributed by atoms with Gasteiger partial charge in [0.25, 0.3) is 0 Å². The lowest BCUT2D eigenvalue weighted by Gasteiger charge is -2.46. The van der Waals surface area contributed by atoms with Crippen LogP contribution in [-0.4, -0.2) is 67.7 Å².